The monoisotopic (exact) mass is 779 g/mol. The molecule has 60 heavy (non-hydrogen) atoms. The number of amidine groups is 1. The molecule has 2 N–H and O–H groups in total. The second-order valence-electron chi connectivity index (χ2n) is 16.7. The Balaban J connectivity index is 0.000000159. The van der Waals surface area contributed by atoms with Gasteiger partial charge in [0.05, 0.1) is 6.04 Å². The predicted octanol–water partition coefficient (Wildman–Crippen LogP) is 15.3. The molecule has 3 nitrogen and oxygen atoms in total. The zero-order valence-electron chi connectivity index (χ0n) is 35.2. The van der Waals surface area contributed by atoms with Gasteiger partial charge in [-0.15, -0.1) is 0 Å². The van der Waals surface area contributed by atoms with E-state index in [2.05, 4.69) is 209 Å². The number of benzene rings is 7. The van der Waals surface area contributed by atoms with Gasteiger partial charge in [-0.05, 0) is 116 Å². The summed E-state index contributed by atoms with van der Waals surface area (Å²) in [6.45, 7) is 13.0. The summed E-state index contributed by atoms with van der Waals surface area (Å²) >= 11 is 0. The number of hydrogen-bond acceptors (Lipinski definition) is 3. The summed E-state index contributed by atoms with van der Waals surface area (Å²) in [5, 5.41) is 15.0. The Hall–Kier alpha value is -6.71. The largest absolute Gasteiger partial charge is 0.355 e. The van der Waals surface area contributed by atoms with E-state index in [-0.39, 0.29) is 11.5 Å². The molecule has 1 unspecified atom stereocenters. The zero-order chi connectivity index (χ0) is 41.2. The average Bonchev–Trinajstić information content (AvgIpc) is 3.53. The second kappa shape index (κ2) is 16.5. The van der Waals surface area contributed by atoms with Crippen molar-refractivity contribution in [1.29, 1.82) is 0 Å². The standard InChI is InChI=1S/C32H34N2.C25H19N/c1-5-12-23(13-6-2)31-33-29(22-14-8-7-9-15-22)21-30(34-31)24-18-19-26-25-16-10-11-17-27(25)32(3,4)28(26)20-24;1-17-21-10-4-5-11-22(21)23-12-6-7-13-24(23)25(17)26-20-15-14-18-8-2-3-9-19(18)16-20/h5,8,10-12,14-21,30H,1,6-7,9,13H2,2-4H3,(H,33,34);2-16,26H,1H3/b23-12+;. The Morgan fingerprint density at radius 2 is 1.47 bits per heavy atom. The lowest BCUT2D eigenvalue weighted by atomic mass is 9.81. The van der Waals surface area contributed by atoms with Crippen molar-refractivity contribution < 1.29 is 0 Å². The van der Waals surface area contributed by atoms with Crippen LogP contribution in [0.1, 0.15) is 74.8 Å². The van der Waals surface area contributed by atoms with E-state index in [1.165, 1.54) is 82.5 Å². The van der Waals surface area contributed by atoms with Gasteiger partial charge in [-0.2, -0.15) is 0 Å². The van der Waals surface area contributed by atoms with Gasteiger partial charge in [0.15, 0.2) is 0 Å². The van der Waals surface area contributed by atoms with Gasteiger partial charge in [0.1, 0.15) is 5.84 Å². The molecule has 0 aromatic heterocycles. The maximum absolute atomic E-state index is 5.22. The summed E-state index contributed by atoms with van der Waals surface area (Å²) in [7, 11) is 0. The Bertz CT molecular complexity index is 2950. The van der Waals surface area contributed by atoms with Crippen molar-refractivity contribution in [2.45, 2.75) is 64.8 Å². The number of fused-ring (bicyclic) bond motifs is 7. The van der Waals surface area contributed by atoms with Gasteiger partial charge < -0.3 is 10.6 Å². The first-order valence-corrected chi connectivity index (χ1v) is 21.5. The molecule has 0 saturated carbocycles. The van der Waals surface area contributed by atoms with Crippen LogP contribution in [0.2, 0.25) is 0 Å². The van der Waals surface area contributed by atoms with Gasteiger partial charge in [-0.1, -0.05) is 185 Å². The molecule has 7 aromatic rings. The molecule has 1 atom stereocenters. The highest BCUT2D eigenvalue weighted by Gasteiger charge is 2.36. The van der Waals surface area contributed by atoms with Crippen LogP contribution in [0, 0.1) is 6.92 Å². The van der Waals surface area contributed by atoms with Crippen LogP contribution in [0.5, 0.6) is 0 Å². The van der Waals surface area contributed by atoms with Crippen molar-refractivity contribution in [3.05, 3.63) is 216 Å². The van der Waals surface area contributed by atoms with Crippen LogP contribution in [0.25, 0.3) is 43.4 Å². The second-order valence-corrected chi connectivity index (χ2v) is 16.7. The van der Waals surface area contributed by atoms with Gasteiger partial charge in [0, 0.05) is 27.9 Å². The summed E-state index contributed by atoms with van der Waals surface area (Å²) in [5.41, 5.74) is 13.9. The van der Waals surface area contributed by atoms with E-state index in [1.807, 2.05) is 6.08 Å². The minimum atomic E-state index is -0.0302. The highest BCUT2D eigenvalue weighted by Crippen LogP contribution is 2.49. The van der Waals surface area contributed by atoms with E-state index < -0.39 is 0 Å². The fraction of sp³-hybridized carbons (Fsp3) is 0.175. The molecule has 3 aliphatic rings. The summed E-state index contributed by atoms with van der Waals surface area (Å²) in [4.78, 5) is 5.22. The molecule has 7 aromatic carbocycles. The predicted molar refractivity (Wildman–Crippen MR) is 258 cm³/mol. The first-order chi connectivity index (χ1) is 29.3. The molecule has 296 valence electrons. The van der Waals surface area contributed by atoms with Gasteiger partial charge in [0.25, 0.3) is 0 Å². The van der Waals surface area contributed by atoms with E-state index in [4.69, 9.17) is 4.99 Å². The molecule has 3 heteroatoms. The highest BCUT2D eigenvalue weighted by atomic mass is 15.0. The van der Waals surface area contributed by atoms with Crippen LogP contribution < -0.4 is 10.6 Å². The number of hydrogen-bond donors (Lipinski definition) is 2. The summed E-state index contributed by atoms with van der Waals surface area (Å²) < 4.78 is 0. The summed E-state index contributed by atoms with van der Waals surface area (Å²) in [5.74, 6) is 0.965. The average molecular weight is 780 g/mol. The van der Waals surface area contributed by atoms with Gasteiger partial charge in [0.2, 0.25) is 0 Å². The molecule has 0 bridgehead atoms. The van der Waals surface area contributed by atoms with Crippen LogP contribution in [0.15, 0.2) is 198 Å². The third kappa shape index (κ3) is 7.30. The smallest absolute Gasteiger partial charge is 0.129 e. The molecule has 0 fully saturated rings. The number of aryl methyl sites for hydroxylation is 1. The normalized spacial score (nSPS) is 16.5. The quantitative estimate of drug-likeness (QED) is 0.119. The number of nitrogens with zero attached hydrogens (tertiary/aromatic N) is 1. The van der Waals surface area contributed by atoms with Crippen molar-refractivity contribution in [3.8, 4) is 11.1 Å². The number of nitrogens with one attached hydrogen (secondary N) is 2. The van der Waals surface area contributed by atoms with E-state index in [0.717, 1.165) is 42.9 Å². The van der Waals surface area contributed by atoms with Gasteiger partial charge >= 0.3 is 0 Å². The van der Waals surface area contributed by atoms with Crippen molar-refractivity contribution in [1.82, 2.24) is 5.32 Å². The maximum atomic E-state index is 5.22. The molecule has 1 heterocycles. The molecule has 2 aliphatic carbocycles. The van der Waals surface area contributed by atoms with Crippen LogP contribution in [-0.4, -0.2) is 5.84 Å². The first kappa shape index (κ1) is 38.8. The SMILES string of the molecule is C=C/C=C(\CCC)C1=NC(c2ccc3c(c2)C(C)(C)c2ccccc2-3)C=C(C2=CCCC=C2)N1.Cc1c(Nc2ccc3ccccc3c2)c2ccccc2c2ccccc12. The van der Waals surface area contributed by atoms with Crippen molar-refractivity contribution in [2.24, 2.45) is 4.99 Å². The number of allylic oxidation sites excluding steroid dienone is 5. The third-order valence-corrected chi connectivity index (χ3v) is 12.5. The van der Waals surface area contributed by atoms with E-state index in [0.29, 0.717) is 0 Å². The first-order valence-electron chi connectivity index (χ1n) is 21.5. The number of rotatable bonds is 8. The minimum Gasteiger partial charge on any atom is -0.355 e. The molecule has 0 radical (unpaired) electrons. The highest BCUT2D eigenvalue weighted by molar-refractivity contribution is 6.15. The van der Waals surface area contributed by atoms with E-state index >= 15 is 0 Å². The number of anilines is 2. The maximum Gasteiger partial charge on any atom is 0.129 e. The van der Waals surface area contributed by atoms with Crippen molar-refractivity contribution in [3.63, 3.8) is 0 Å². The fourth-order valence-corrected chi connectivity index (χ4v) is 9.34. The third-order valence-electron chi connectivity index (χ3n) is 12.5. The summed E-state index contributed by atoms with van der Waals surface area (Å²) in [6, 6.07) is 48.1. The Morgan fingerprint density at radius 3 is 2.23 bits per heavy atom. The molecule has 1 aliphatic heterocycles. The summed E-state index contributed by atoms with van der Waals surface area (Å²) in [6.07, 6.45) is 17.3. The molecular formula is C57H53N3. The Morgan fingerprint density at radius 1 is 0.767 bits per heavy atom. The lowest BCUT2D eigenvalue weighted by Gasteiger charge is -2.27. The lowest BCUT2D eigenvalue weighted by molar-refractivity contribution is 0.658. The molecule has 10 rings (SSSR count). The van der Waals surface area contributed by atoms with Crippen molar-refractivity contribution in [2.75, 3.05) is 5.32 Å². The van der Waals surface area contributed by atoms with E-state index in [1.54, 1.807) is 0 Å². The van der Waals surface area contributed by atoms with Gasteiger partial charge in [-0.3, -0.25) is 4.99 Å². The van der Waals surface area contributed by atoms with Gasteiger partial charge in [-0.25, -0.2) is 0 Å². The fourth-order valence-electron chi connectivity index (χ4n) is 9.34. The van der Waals surface area contributed by atoms with Crippen LogP contribution in [-0.2, 0) is 5.41 Å². The van der Waals surface area contributed by atoms with Crippen LogP contribution in [0.4, 0.5) is 11.4 Å². The lowest BCUT2D eigenvalue weighted by Crippen LogP contribution is -2.30. The zero-order valence-corrected chi connectivity index (χ0v) is 35.2. The van der Waals surface area contributed by atoms with Crippen molar-refractivity contribution >= 4 is 49.5 Å². The molecule has 0 saturated heterocycles. The Kier molecular flexibility index (Phi) is 10.7. The molecule has 0 spiro atoms. The molecule has 0 amide bonds. The van der Waals surface area contributed by atoms with Crippen LogP contribution in [0.3, 0.4) is 0 Å². The number of aliphatic imine (C=N–C) groups is 1. The minimum absolute atomic E-state index is 0.0152. The molecular weight excluding hydrogens is 727 g/mol. The Labute approximate surface area is 355 Å². The van der Waals surface area contributed by atoms with Crippen LogP contribution >= 0.6 is 0 Å². The topological polar surface area (TPSA) is 36.4 Å². The van der Waals surface area contributed by atoms with E-state index in [9.17, 15) is 0 Å².